The first kappa shape index (κ1) is 18.1. The SMILES string of the molecule is Cn1c(C(=O)N[C@H]2CCC[C@H]2Cc2ccc(F)cc2)cc(=O)n(C)c1=O. The number of carbonyl (C=O) groups is 1. The van der Waals surface area contributed by atoms with E-state index >= 15 is 0 Å². The summed E-state index contributed by atoms with van der Waals surface area (Å²) in [6.45, 7) is 0. The molecule has 0 unspecified atom stereocenters. The largest absolute Gasteiger partial charge is 0.348 e. The minimum Gasteiger partial charge on any atom is -0.348 e. The molecule has 2 atom stereocenters. The first-order valence-corrected chi connectivity index (χ1v) is 8.69. The highest BCUT2D eigenvalue weighted by Gasteiger charge is 2.29. The van der Waals surface area contributed by atoms with Crippen LogP contribution in [0.15, 0.2) is 39.9 Å². The molecule has 3 rings (SSSR count). The van der Waals surface area contributed by atoms with Gasteiger partial charge >= 0.3 is 5.69 Å². The van der Waals surface area contributed by atoms with Crippen molar-refractivity contribution in [1.29, 1.82) is 0 Å². The first-order valence-electron chi connectivity index (χ1n) is 8.69. The van der Waals surface area contributed by atoms with Crippen LogP contribution in [0.2, 0.25) is 0 Å². The normalized spacial score (nSPS) is 19.5. The highest BCUT2D eigenvalue weighted by atomic mass is 19.1. The van der Waals surface area contributed by atoms with Crippen LogP contribution in [0.3, 0.4) is 0 Å². The number of aromatic nitrogens is 2. The highest BCUT2D eigenvalue weighted by molar-refractivity contribution is 5.92. The lowest BCUT2D eigenvalue weighted by Crippen LogP contribution is -2.44. The molecule has 1 aliphatic rings. The summed E-state index contributed by atoms with van der Waals surface area (Å²) in [6.07, 6.45) is 3.56. The Balaban J connectivity index is 1.75. The van der Waals surface area contributed by atoms with Gasteiger partial charge in [0.15, 0.2) is 0 Å². The Morgan fingerprint density at radius 1 is 1.15 bits per heavy atom. The molecule has 0 radical (unpaired) electrons. The Kier molecular flexibility index (Phi) is 5.06. The van der Waals surface area contributed by atoms with Gasteiger partial charge in [0.25, 0.3) is 11.5 Å². The molecule has 138 valence electrons. The van der Waals surface area contributed by atoms with Gasteiger partial charge in [-0.25, -0.2) is 9.18 Å². The zero-order valence-electron chi connectivity index (χ0n) is 14.9. The Bertz CT molecular complexity index is 931. The van der Waals surface area contributed by atoms with Crippen LogP contribution in [-0.2, 0) is 20.5 Å². The highest BCUT2D eigenvalue weighted by Crippen LogP contribution is 2.29. The Morgan fingerprint density at radius 2 is 1.85 bits per heavy atom. The van der Waals surface area contributed by atoms with Crippen LogP contribution in [0.5, 0.6) is 0 Å². The fourth-order valence-corrected chi connectivity index (χ4v) is 3.59. The number of nitrogens with zero attached hydrogens (tertiary/aromatic N) is 2. The van der Waals surface area contributed by atoms with E-state index in [1.807, 2.05) is 0 Å². The topological polar surface area (TPSA) is 73.1 Å². The van der Waals surface area contributed by atoms with Gasteiger partial charge in [0, 0.05) is 26.2 Å². The Labute approximate surface area is 150 Å². The second-order valence-corrected chi connectivity index (χ2v) is 6.87. The molecule has 1 aromatic carbocycles. The molecule has 1 fully saturated rings. The average molecular weight is 359 g/mol. The second kappa shape index (κ2) is 7.27. The summed E-state index contributed by atoms with van der Waals surface area (Å²) in [6, 6.07) is 7.54. The number of hydrogen-bond donors (Lipinski definition) is 1. The van der Waals surface area contributed by atoms with Crippen molar-refractivity contribution in [3.8, 4) is 0 Å². The van der Waals surface area contributed by atoms with Crippen molar-refractivity contribution in [2.75, 3.05) is 0 Å². The van der Waals surface area contributed by atoms with Gasteiger partial charge < -0.3 is 5.32 Å². The molecule has 2 aromatic rings. The fourth-order valence-electron chi connectivity index (χ4n) is 3.59. The van der Waals surface area contributed by atoms with E-state index in [4.69, 9.17) is 0 Å². The van der Waals surface area contributed by atoms with Gasteiger partial charge in [-0.3, -0.25) is 18.7 Å². The van der Waals surface area contributed by atoms with E-state index in [0.717, 1.165) is 35.8 Å². The van der Waals surface area contributed by atoms with Crippen LogP contribution in [-0.4, -0.2) is 21.1 Å². The predicted molar refractivity (Wildman–Crippen MR) is 95.6 cm³/mol. The number of carbonyl (C=O) groups excluding carboxylic acids is 1. The van der Waals surface area contributed by atoms with Crippen LogP contribution in [0.4, 0.5) is 4.39 Å². The monoisotopic (exact) mass is 359 g/mol. The summed E-state index contributed by atoms with van der Waals surface area (Å²) in [5.74, 6) is -0.442. The zero-order valence-corrected chi connectivity index (χ0v) is 14.9. The molecule has 0 bridgehead atoms. The van der Waals surface area contributed by atoms with E-state index in [-0.39, 0.29) is 23.5 Å². The molecule has 6 nitrogen and oxygen atoms in total. The molecule has 1 aliphatic carbocycles. The van der Waals surface area contributed by atoms with Crippen LogP contribution >= 0.6 is 0 Å². The summed E-state index contributed by atoms with van der Waals surface area (Å²) < 4.78 is 15.2. The molecule has 1 amide bonds. The van der Waals surface area contributed by atoms with Gasteiger partial charge in [0.2, 0.25) is 0 Å². The van der Waals surface area contributed by atoms with Gasteiger partial charge in [-0.2, -0.15) is 0 Å². The summed E-state index contributed by atoms with van der Waals surface area (Å²) in [5.41, 5.74) is 0.0496. The minimum absolute atomic E-state index is 0.0355. The first-order chi connectivity index (χ1) is 12.4. The lowest BCUT2D eigenvalue weighted by Gasteiger charge is -2.22. The molecule has 0 spiro atoms. The van der Waals surface area contributed by atoms with Crippen molar-refractivity contribution >= 4 is 5.91 Å². The quantitative estimate of drug-likeness (QED) is 0.896. The van der Waals surface area contributed by atoms with Gasteiger partial charge in [-0.15, -0.1) is 0 Å². The van der Waals surface area contributed by atoms with Crippen LogP contribution in [0, 0.1) is 11.7 Å². The third-order valence-electron chi connectivity index (χ3n) is 5.15. The fraction of sp³-hybridized carbons (Fsp3) is 0.421. The van der Waals surface area contributed by atoms with Crippen LogP contribution < -0.4 is 16.6 Å². The maximum atomic E-state index is 13.1. The molecule has 1 N–H and O–H groups in total. The van der Waals surface area contributed by atoms with Crippen molar-refractivity contribution in [1.82, 2.24) is 14.5 Å². The minimum atomic E-state index is -0.531. The third kappa shape index (κ3) is 3.61. The molecule has 1 saturated carbocycles. The van der Waals surface area contributed by atoms with Crippen molar-refractivity contribution in [3.05, 3.63) is 68.2 Å². The molecule has 1 aromatic heterocycles. The summed E-state index contributed by atoms with van der Waals surface area (Å²) in [5, 5.41) is 2.97. The molecular formula is C19H22FN3O3. The zero-order chi connectivity index (χ0) is 18.8. The number of amides is 1. The number of halogens is 1. The van der Waals surface area contributed by atoms with Gasteiger partial charge in [-0.1, -0.05) is 18.6 Å². The van der Waals surface area contributed by atoms with Crippen molar-refractivity contribution in [2.24, 2.45) is 20.0 Å². The Morgan fingerprint density at radius 3 is 2.54 bits per heavy atom. The van der Waals surface area contributed by atoms with Crippen LogP contribution in [0.1, 0.15) is 35.3 Å². The van der Waals surface area contributed by atoms with Crippen LogP contribution in [0.25, 0.3) is 0 Å². The van der Waals surface area contributed by atoms with E-state index in [1.54, 1.807) is 12.1 Å². The smallest absolute Gasteiger partial charge is 0.331 e. The van der Waals surface area contributed by atoms with Gasteiger partial charge in [0.1, 0.15) is 11.5 Å². The summed E-state index contributed by atoms with van der Waals surface area (Å²) in [7, 11) is 2.85. The number of nitrogens with one attached hydrogen (secondary N) is 1. The predicted octanol–water partition coefficient (Wildman–Crippen LogP) is 1.36. The molecule has 1 heterocycles. The lowest BCUT2D eigenvalue weighted by atomic mass is 9.94. The average Bonchev–Trinajstić information content (AvgIpc) is 3.05. The third-order valence-corrected chi connectivity index (χ3v) is 5.15. The van der Waals surface area contributed by atoms with E-state index < -0.39 is 17.2 Å². The number of rotatable bonds is 4. The van der Waals surface area contributed by atoms with E-state index in [0.29, 0.717) is 0 Å². The lowest BCUT2D eigenvalue weighted by molar-refractivity contribution is 0.0917. The van der Waals surface area contributed by atoms with Crippen molar-refractivity contribution in [3.63, 3.8) is 0 Å². The Hall–Kier alpha value is -2.70. The summed E-state index contributed by atoms with van der Waals surface area (Å²) >= 11 is 0. The molecule has 0 aliphatic heterocycles. The molecule has 7 heteroatoms. The van der Waals surface area contributed by atoms with Gasteiger partial charge in [-0.05, 0) is 42.9 Å². The van der Waals surface area contributed by atoms with E-state index in [2.05, 4.69) is 5.32 Å². The van der Waals surface area contributed by atoms with Crippen molar-refractivity contribution < 1.29 is 9.18 Å². The molecular weight excluding hydrogens is 337 g/mol. The molecule has 0 saturated heterocycles. The van der Waals surface area contributed by atoms with E-state index in [1.165, 1.54) is 36.9 Å². The maximum absolute atomic E-state index is 13.1. The molecule has 26 heavy (non-hydrogen) atoms. The van der Waals surface area contributed by atoms with E-state index in [9.17, 15) is 18.8 Å². The standard InChI is InChI=1S/C19H22FN3O3/c1-22-16(11-17(24)23(2)19(22)26)18(25)21-15-5-3-4-13(15)10-12-6-8-14(20)9-7-12/h6-9,11,13,15H,3-5,10H2,1-2H3,(H,21,25)/t13-,15-/m0/s1. The number of hydrogen-bond acceptors (Lipinski definition) is 3. The maximum Gasteiger partial charge on any atom is 0.331 e. The van der Waals surface area contributed by atoms with Crippen molar-refractivity contribution in [2.45, 2.75) is 31.7 Å². The summed E-state index contributed by atoms with van der Waals surface area (Å²) in [4.78, 5) is 36.4. The second-order valence-electron chi connectivity index (χ2n) is 6.87. The number of benzene rings is 1. The van der Waals surface area contributed by atoms with Gasteiger partial charge in [0.05, 0.1) is 0 Å².